The number of piperidine rings is 3. The molecule has 0 spiro atoms. The number of aryl methyl sites for hydroxylation is 2. The number of likely N-dealkylation sites (tertiary alicyclic amines) is 3. The summed E-state index contributed by atoms with van der Waals surface area (Å²) in [5, 5.41) is 3.06. The highest BCUT2D eigenvalue weighted by molar-refractivity contribution is 5.91. The van der Waals surface area contributed by atoms with Crippen molar-refractivity contribution in [3.05, 3.63) is 99.5 Å². The first-order chi connectivity index (χ1) is 27.2. The number of benzene rings is 3. The highest BCUT2D eigenvalue weighted by Crippen LogP contribution is 2.34. The van der Waals surface area contributed by atoms with E-state index in [1.807, 2.05) is 47.1 Å². The average Bonchev–Trinajstić information content (AvgIpc) is 3.39. The fourth-order valence-electron chi connectivity index (χ4n) is 9.61. The van der Waals surface area contributed by atoms with E-state index < -0.39 is 18.0 Å². The molecule has 0 aliphatic carbocycles. The van der Waals surface area contributed by atoms with Crippen LogP contribution < -0.4 is 11.1 Å². The number of fused-ring (bicyclic) bond motifs is 2. The number of carbonyl (C=O) groups is 3. The topological polar surface area (TPSA) is 121 Å². The number of aromatic nitrogens is 1. The highest BCUT2D eigenvalue weighted by Gasteiger charge is 2.37. The van der Waals surface area contributed by atoms with Gasteiger partial charge >= 0.3 is 17.9 Å². The Hall–Kier alpha value is -5.10. The van der Waals surface area contributed by atoms with Crippen LogP contribution in [-0.4, -0.2) is 100 Å². The van der Waals surface area contributed by atoms with E-state index in [-0.39, 0.29) is 24.4 Å². The summed E-state index contributed by atoms with van der Waals surface area (Å²) in [6.45, 7) is 7.84. The summed E-state index contributed by atoms with van der Waals surface area (Å²) in [6.07, 6.45) is 4.88. The van der Waals surface area contributed by atoms with Crippen LogP contribution in [-0.2, 0) is 36.0 Å². The normalized spacial score (nSPS) is 19.8. The van der Waals surface area contributed by atoms with Crippen LogP contribution in [0, 0.1) is 18.8 Å². The van der Waals surface area contributed by atoms with Crippen molar-refractivity contribution in [3.63, 3.8) is 0 Å². The number of anilines is 1. The van der Waals surface area contributed by atoms with Gasteiger partial charge in [0.2, 0.25) is 0 Å². The molecule has 4 aliphatic rings. The Balaban J connectivity index is 0.902. The quantitative estimate of drug-likeness (QED) is 0.227. The van der Waals surface area contributed by atoms with E-state index in [9.17, 15) is 19.2 Å². The minimum Gasteiger partial charge on any atom is -0.436 e. The molecule has 1 aromatic heterocycles. The van der Waals surface area contributed by atoms with Crippen molar-refractivity contribution in [2.45, 2.75) is 77.0 Å². The number of nitrogens with one attached hydrogen (secondary N) is 1. The molecule has 56 heavy (non-hydrogen) atoms. The minimum atomic E-state index is -1.03. The predicted octanol–water partition coefficient (Wildman–Crippen LogP) is 6.19. The van der Waals surface area contributed by atoms with E-state index in [4.69, 9.17) is 9.15 Å². The number of hydrogen-bond donors (Lipinski definition) is 1. The molecule has 3 aromatic carbocycles. The standard InChI is InChI=1S/C44H54N6O6/c1-30-26-32(27-38-40(30)46(2)43(53)55-38)28-39(41(51)48-21-14-34(15-22-48)33-12-19-47(20-13-33)29-31-8-4-3-5-9-31)56-44(54)49-23-17-36(18-24-49)50-25-16-35-10-6-7-11-37(35)45-42(50)52/h3-11,26-27,33-34,36,39H,12-25,28-29H2,1-2H3,(H,45,52)/t39-/m1/s1. The van der Waals surface area contributed by atoms with Gasteiger partial charge in [0, 0.05) is 64.5 Å². The van der Waals surface area contributed by atoms with Crippen LogP contribution in [0.1, 0.15) is 60.8 Å². The fourth-order valence-corrected chi connectivity index (χ4v) is 9.61. The molecule has 1 atom stereocenters. The maximum absolute atomic E-state index is 14.3. The van der Waals surface area contributed by atoms with Crippen molar-refractivity contribution in [1.82, 2.24) is 24.2 Å². The summed E-state index contributed by atoms with van der Waals surface area (Å²) in [6, 6.07) is 22.2. The van der Waals surface area contributed by atoms with Gasteiger partial charge in [0.25, 0.3) is 5.91 Å². The van der Waals surface area contributed by atoms with Gasteiger partial charge < -0.3 is 29.2 Å². The molecule has 0 unspecified atom stereocenters. The lowest BCUT2D eigenvalue weighted by Crippen LogP contribution is -2.52. The first kappa shape index (κ1) is 37.8. The number of amides is 4. The van der Waals surface area contributed by atoms with Gasteiger partial charge in [0.1, 0.15) is 0 Å². The Morgan fingerprint density at radius 2 is 1.46 bits per heavy atom. The average molecular weight is 763 g/mol. The van der Waals surface area contributed by atoms with E-state index in [2.05, 4.69) is 40.5 Å². The Labute approximate surface area is 328 Å². The van der Waals surface area contributed by atoms with E-state index >= 15 is 0 Å². The first-order valence-electron chi connectivity index (χ1n) is 20.5. The molecule has 0 radical (unpaired) electrons. The maximum atomic E-state index is 14.3. The van der Waals surface area contributed by atoms with Gasteiger partial charge in [0.15, 0.2) is 11.7 Å². The zero-order chi connectivity index (χ0) is 38.8. The number of nitrogens with zero attached hydrogens (tertiary/aromatic N) is 5. The summed E-state index contributed by atoms with van der Waals surface area (Å²) in [5.74, 6) is 0.598. The Morgan fingerprint density at radius 1 is 0.804 bits per heavy atom. The lowest BCUT2D eigenvalue weighted by atomic mass is 9.78. The molecule has 8 rings (SSSR count). The third kappa shape index (κ3) is 8.21. The first-order valence-corrected chi connectivity index (χ1v) is 20.5. The molecule has 4 aromatic rings. The summed E-state index contributed by atoms with van der Waals surface area (Å²) in [4.78, 5) is 61.7. The molecule has 1 N–H and O–H groups in total. The number of urea groups is 1. The molecule has 3 saturated heterocycles. The van der Waals surface area contributed by atoms with Gasteiger partial charge in [-0.25, -0.2) is 14.4 Å². The van der Waals surface area contributed by atoms with E-state index in [1.54, 1.807) is 18.0 Å². The number of oxazole rings is 1. The fraction of sp³-hybridized carbons (Fsp3) is 0.500. The van der Waals surface area contributed by atoms with Gasteiger partial charge in [-0.1, -0.05) is 54.6 Å². The van der Waals surface area contributed by atoms with Crippen LogP contribution in [0.5, 0.6) is 0 Å². The third-order valence-corrected chi connectivity index (χ3v) is 12.8. The lowest BCUT2D eigenvalue weighted by molar-refractivity contribution is -0.142. The van der Waals surface area contributed by atoms with Gasteiger partial charge in [-0.2, -0.15) is 0 Å². The van der Waals surface area contributed by atoms with E-state index in [1.165, 1.54) is 23.0 Å². The number of para-hydroxylation sites is 1. The smallest absolute Gasteiger partial charge is 0.419 e. The van der Waals surface area contributed by atoms with Crippen LogP contribution in [0.15, 0.2) is 75.9 Å². The van der Waals surface area contributed by atoms with E-state index in [0.29, 0.717) is 68.5 Å². The SMILES string of the molecule is Cc1cc(C[C@@H](OC(=O)N2CCC(N3CCc4ccccc4NC3=O)CC2)C(=O)N2CCC(C3CCN(Cc4ccccc4)CC3)CC2)cc2oc(=O)n(C)c12. The molecule has 4 aliphatic heterocycles. The molecular formula is C44H54N6O6. The molecule has 12 nitrogen and oxygen atoms in total. The van der Waals surface area contributed by atoms with Crippen molar-refractivity contribution in [2.75, 3.05) is 51.1 Å². The summed E-state index contributed by atoms with van der Waals surface area (Å²) < 4.78 is 13.2. The largest absolute Gasteiger partial charge is 0.436 e. The molecule has 5 heterocycles. The molecular weight excluding hydrogens is 709 g/mol. The van der Waals surface area contributed by atoms with Crippen LogP contribution in [0.3, 0.4) is 0 Å². The van der Waals surface area contributed by atoms with Crippen LogP contribution in [0.25, 0.3) is 11.1 Å². The van der Waals surface area contributed by atoms with Crippen LogP contribution >= 0.6 is 0 Å². The zero-order valence-corrected chi connectivity index (χ0v) is 32.7. The monoisotopic (exact) mass is 762 g/mol. The lowest BCUT2D eigenvalue weighted by Gasteiger charge is -2.41. The van der Waals surface area contributed by atoms with Gasteiger partial charge in [-0.05, 0) is 111 Å². The Bertz CT molecular complexity index is 2090. The van der Waals surface area contributed by atoms with Crippen molar-refractivity contribution in [1.29, 1.82) is 0 Å². The van der Waals surface area contributed by atoms with Gasteiger partial charge in [-0.3, -0.25) is 14.3 Å². The second-order valence-electron chi connectivity index (χ2n) is 16.3. The second kappa shape index (κ2) is 16.6. The van der Waals surface area contributed by atoms with Crippen LogP contribution in [0.4, 0.5) is 15.3 Å². The Morgan fingerprint density at radius 3 is 2.20 bits per heavy atom. The molecule has 12 heteroatoms. The van der Waals surface area contributed by atoms with Gasteiger partial charge in [0.05, 0.1) is 5.52 Å². The summed E-state index contributed by atoms with van der Waals surface area (Å²) in [7, 11) is 1.67. The predicted molar refractivity (Wildman–Crippen MR) is 214 cm³/mol. The number of carbonyl (C=O) groups excluding carboxylic acids is 3. The van der Waals surface area contributed by atoms with Gasteiger partial charge in [-0.15, -0.1) is 0 Å². The summed E-state index contributed by atoms with van der Waals surface area (Å²) in [5.41, 5.74) is 6.09. The highest BCUT2D eigenvalue weighted by atomic mass is 16.6. The zero-order valence-electron chi connectivity index (χ0n) is 32.7. The molecule has 296 valence electrons. The van der Waals surface area contributed by atoms with Crippen molar-refractivity contribution >= 4 is 34.8 Å². The third-order valence-electron chi connectivity index (χ3n) is 12.8. The van der Waals surface area contributed by atoms with Crippen molar-refractivity contribution in [2.24, 2.45) is 18.9 Å². The van der Waals surface area contributed by atoms with E-state index in [0.717, 1.165) is 61.3 Å². The molecule has 4 amide bonds. The Kier molecular flexibility index (Phi) is 11.2. The number of rotatable bonds is 8. The number of ether oxygens (including phenoxy) is 1. The molecule has 0 bridgehead atoms. The molecule has 0 saturated carbocycles. The summed E-state index contributed by atoms with van der Waals surface area (Å²) >= 11 is 0. The maximum Gasteiger partial charge on any atom is 0.419 e. The van der Waals surface area contributed by atoms with Crippen molar-refractivity contribution in [3.8, 4) is 0 Å². The molecule has 3 fully saturated rings. The second-order valence-corrected chi connectivity index (χ2v) is 16.3. The number of hydrogen-bond acceptors (Lipinski definition) is 7. The van der Waals surface area contributed by atoms with Crippen LogP contribution in [0.2, 0.25) is 0 Å². The minimum absolute atomic E-state index is 0.00147. The van der Waals surface area contributed by atoms with Crippen molar-refractivity contribution < 1.29 is 23.5 Å².